The van der Waals surface area contributed by atoms with Gasteiger partial charge in [0.25, 0.3) is 0 Å². The lowest BCUT2D eigenvalue weighted by Gasteiger charge is -2.18. The monoisotopic (exact) mass is 391 g/mol. The Morgan fingerprint density at radius 1 is 1.05 bits per heavy atom. The smallest absolute Gasteiger partial charge is 0.0782 e. The Bertz CT molecular complexity index is 643. The number of hydrogen-bond acceptors (Lipinski definition) is 1. The van der Waals surface area contributed by atoms with E-state index < -0.39 is 0 Å². The summed E-state index contributed by atoms with van der Waals surface area (Å²) in [5.41, 5.74) is 3.12. The molecule has 0 radical (unpaired) electrons. The first-order valence-corrected chi connectivity index (χ1v) is 7.99. The van der Waals surface area contributed by atoms with Crippen molar-refractivity contribution in [2.75, 3.05) is 5.32 Å². The summed E-state index contributed by atoms with van der Waals surface area (Å²) in [6.45, 7) is 4.08. The van der Waals surface area contributed by atoms with Gasteiger partial charge in [-0.05, 0) is 43.2 Å². The first-order chi connectivity index (χ1) is 9.40. The fourth-order valence-corrected chi connectivity index (χ4v) is 2.97. The van der Waals surface area contributed by atoms with Crippen molar-refractivity contribution in [2.45, 2.75) is 19.9 Å². The van der Waals surface area contributed by atoms with E-state index in [1.54, 1.807) is 6.07 Å². The van der Waals surface area contributed by atoms with Crippen LogP contribution in [0, 0.1) is 6.92 Å². The molecule has 2 aromatic rings. The Morgan fingerprint density at radius 2 is 1.75 bits per heavy atom. The second-order valence-electron chi connectivity index (χ2n) is 4.59. The zero-order chi connectivity index (χ0) is 14.9. The van der Waals surface area contributed by atoms with Crippen LogP contribution in [0.2, 0.25) is 15.1 Å². The van der Waals surface area contributed by atoms with Gasteiger partial charge in [0.15, 0.2) is 0 Å². The molecule has 0 aliphatic carbocycles. The normalized spacial score (nSPS) is 12.3. The van der Waals surface area contributed by atoms with Crippen molar-refractivity contribution >= 4 is 56.4 Å². The molecule has 5 heteroatoms. The molecule has 106 valence electrons. The predicted octanol–water partition coefficient (Wildman–Crippen LogP) is 6.89. The highest BCUT2D eigenvalue weighted by molar-refractivity contribution is 9.10. The highest BCUT2D eigenvalue weighted by Gasteiger charge is 2.14. The van der Waals surface area contributed by atoms with Crippen molar-refractivity contribution in [3.8, 4) is 0 Å². The molecule has 0 aromatic heterocycles. The van der Waals surface area contributed by atoms with Crippen molar-refractivity contribution in [3.63, 3.8) is 0 Å². The minimum absolute atomic E-state index is 0.0203. The summed E-state index contributed by atoms with van der Waals surface area (Å²) >= 11 is 21.8. The molecule has 1 unspecified atom stereocenters. The number of benzene rings is 2. The molecule has 20 heavy (non-hydrogen) atoms. The van der Waals surface area contributed by atoms with Crippen LogP contribution in [0.3, 0.4) is 0 Å². The molecule has 0 spiro atoms. The molecule has 0 saturated heterocycles. The first-order valence-electron chi connectivity index (χ1n) is 6.06. The van der Waals surface area contributed by atoms with E-state index in [0.29, 0.717) is 15.1 Å². The summed E-state index contributed by atoms with van der Waals surface area (Å²) in [5.74, 6) is 0. The van der Waals surface area contributed by atoms with Gasteiger partial charge in [0.1, 0.15) is 0 Å². The second kappa shape index (κ2) is 6.57. The number of nitrogens with one attached hydrogen (secondary N) is 1. The topological polar surface area (TPSA) is 12.0 Å². The van der Waals surface area contributed by atoms with Crippen molar-refractivity contribution < 1.29 is 0 Å². The number of halogens is 4. The number of hydrogen-bond donors (Lipinski definition) is 1. The molecule has 0 aliphatic heterocycles. The Morgan fingerprint density at radius 3 is 2.40 bits per heavy atom. The van der Waals surface area contributed by atoms with E-state index in [1.807, 2.05) is 32.0 Å². The van der Waals surface area contributed by atoms with E-state index in [4.69, 9.17) is 34.8 Å². The third-order valence-corrected chi connectivity index (χ3v) is 5.25. The van der Waals surface area contributed by atoms with E-state index in [0.717, 1.165) is 15.7 Å². The van der Waals surface area contributed by atoms with Gasteiger partial charge in [-0.1, -0.05) is 62.9 Å². The Balaban J connectivity index is 2.26. The molecular weight excluding hydrogens is 380 g/mol. The number of anilines is 1. The van der Waals surface area contributed by atoms with E-state index >= 15 is 0 Å². The van der Waals surface area contributed by atoms with Crippen LogP contribution in [-0.4, -0.2) is 0 Å². The lowest BCUT2D eigenvalue weighted by Crippen LogP contribution is -2.07. The van der Waals surface area contributed by atoms with Crippen LogP contribution in [0.1, 0.15) is 24.1 Å². The van der Waals surface area contributed by atoms with Crippen molar-refractivity contribution in [1.82, 2.24) is 0 Å². The molecule has 1 atom stereocenters. The SMILES string of the molecule is Cc1ccc(NC(C)c2ccc(Cl)c(Cl)c2Cl)cc1Br. The number of rotatable bonds is 3. The van der Waals surface area contributed by atoms with E-state index in [-0.39, 0.29) is 6.04 Å². The minimum atomic E-state index is 0.0203. The maximum absolute atomic E-state index is 6.25. The molecule has 0 fully saturated rings. The van der Waals surface area contributed by atoms with Gasteiger partial charge in [0.2, 0.25) is 0 Å². The standard InChI is InChI=1S/C15H13BrCl3N/c1-8-3-4-10(7-12(8)16)20-9(2)11-5-6-13(17)15(19)14(11)18/h3-7,9,20H,1-2H3. The Hall–Kier alpha value is -0.410. The predicted molar refractivity (Wildman–Crippen MR) is 92.4 cm³/mol. The zero-order valence-electron chi connectivity index (χ0n) is 11.0. The van der Waals surface area contributed by atoms with Gasteiger partial charge in [0, 0.05) is 10.2 Å². The molecule has 0 aliphatic rings. The molecule has 0 saturated carbocycles. The Labute approximate surface area is 142 Å². The van der Waals surface area contributed by atoms with Crippen LogP contribution in [0.15, 0.2) is 34.8 Å². The molecule has 1 nitrogen and oxygen atoms in total. The molecule has 2 aromatic carbocycles. The molecule has 0 heterocycles. The first kappa shape index (κ1) is 16.0. The average Bonchev–Trinajstić information content (AvgIpc) is 2.40. The van der Waals surface area contributed by atoms with Gasteiger partial charge >= 0.3 is 0 Å². The highest BCUT2D eigenvalue weighted by Crippen LogP contribution is 2.36. The molecule has 0 amide bonds. The largest absolute Gasteiger partial charge is 0.378 e. The van der Waals surface area contributed by atoms with E-state index in [2.05, 4.69) is 27.3 Å². The lowest BCUT2D eigenvalue weighted by molar-refractivity contribution is 0.885. The summed E-state index contributed by atoms with van der Waals surface area (Å²) in [6, 6.07) is 9.78. The van der Waals surface area contributed by atoms with Crippen LogP contribution in [0.4, 0.5) is 5.69 Å². The molecule has 2 rings (SSSR count). The van der Waals surface area contributed by atoms with Gasteiger partial charge in [0.05, 0.1) is 21.1 Å². The quantitative estimate of drug-likeness (QED) is 0.560. The maximum atomic E-state index is 6.25. The average molecular weight is 394 g/mol. The Kier molecular flexibility index (Phi) is 5.25. The fraction of sp³-hybridized carbons (Fsp3) is 0.200. The van der Waals surface area contributed by atoms with Gasteiger partial charge in [-0.25, -0.2) is 0 Å². The number of aryl methyl sites for hydroxylation is 1. The van der Waals surface area contributed by atoms with Gasteiger partial charge in [-0.2, -0.15) is 0 Å². The van der Waals surface area contributed by atoms with Crippen LogP contribution in [-0.2, 0) is 0 Å². The fourth-order valence-electron chi connectivity index (χ4n) is 1.89. The summed E-state index contributed by atoms with van der Waals surface area (Å²) in [7, 11) is 0. The summed E-state index contributed by atoms with van der Waals surface area (Å²) in [4.78, 5) is 0. The molecule has 1 N–H and O–H groups in total. The van der Waals surface area contributed by atoms with Crippen molar-refractivity contribution in [3.05, 3.63) is 61.0 Å². The van der Waals surface area contributed by atoms with Crippen molar-refractivity contribution in [2.24, 2.45) is 0 Å². The van der Waals surface area contributed by atoms with Gasteiger partial charge < -0.3 is 5.32 Å². The third-order valence-electron chi connectivity index (χ3n) is 3.09. The van der Waals surface area contributed by atoms with Crippen LogP contribution < -0.4 is 5.32 Å². The summed E-state index contributed by atoms with van der Waals surface area (Å²) < 4.78 is 1.06. The second-order valence-corrected chi connectivity index (χ2v) is 6.61. The molecule has 0 bridgehead atoms. The van der Waals surface area contributed by atoms with Gasteiger partial charge in [-0.3, -0.25) is 0 Å². The van der Waals surface area contributed by atoms with Crippen LogP contribution in [0.5, 0.6) is 0 Å². The summed E-state index contributed by atoms with van der Waals surface area (Å²) in [5, 5.41) is 4.75. The van der Waals surface area contributed by atoms with E-state index in [1.165, 1.54) is 5.56 Å². The summed E-state index contributed by atoms with van der Waals surface area (Å²) in [6.07, 6.45) is 0. The van der Waals surface area contributed by atoms with Crippen LogP contribution in [0.25, 0.3) is 0 Å². The highest BCUT2D eigenvalue weighted by atomic mass is 79.9. The van der Waals surface area contributed by atoms with Crippen molar-refractivity contribution in [1.29, 1.82) is 0 Å². The van der Waals surface area contributed by atoms with Gasteiger partial charge in [-0.15, -0.1) is 0 Å². The van der Waals surface area contributed by atoms with E-state index in [9.17, 15) is 0 Å². The minimum Gasteiger partial charge on any atom is -0.378 e. The van der Waals surface area contributed by atoms with Crippen LogP contribution >= 0.6 is 50.7 Å². The zero-order valence-corrected chi connectivity index (χ0v) is 14.8. The lowest BCUT2D eigenvalue weighted by atomic mass is 10.1. The maximum Gasteiger partial charge on any atom is 0.0782 e. The molecular formula is C15H13BrCl3N. The third kappa shape index (κ3) is 3.43.